The molecule has 1 aromatic carbocycles. The molecule has 2 aromatic rings. The van der Waals surface area contributed by atoms with Crippen LogP contribution in [0.25, 0.3) is 11.4 Å². The topological polar surface area (TPSA) is 41.6 Å². The lowest BCUT2D eigenvalue weighted by molar-refractivity contribution is 0.630. The number of thioether (sulfide) groups is 2. The van der Waals surface area contributed by atoms with Gasteiger partial charge in [0.05, 0.1) is 5.56 Å². The molecule has 1 heterocycles. The number of benzene rings is 1. The predicted molar refractivity (Wildman–Crippen MR) is 75.5 cm³/mol. The number of nitrogens with one attached hydrogen (secondary N) is 1. The molecule has 0 spiro atoms. The van der Waals surface area contributed by atoms with Crippen molar-refractivity contribution in [3.8, 4) is 11.4 Å². The van der Waals surface area contributed by atoms with E-state index < -0.39 is 0 Å². The summed E-state index contributed by atoms with van der Waals surface area (Å²) in [4.78, 5) is 4.29. The second-order valence-corrected chi connectivity index (χ2v) is 5.95. The molecule has 96 valence electrons. The highest BCUT2D eigenvalue weighted by molar-refractivity contribution is 8.02. The Bertz CT molecular complexity index is 502. The van der Waals surface area contributed by atoms with E-state index in [1.807, 2.05) is 11.8 Å². The molecule has 0 aliphatic carbocycles. The first-order chi connectivity index (χ1) is 8.81. The van der Waals surface area contributed by atoms with Crippen LogP contribution in [-0.2, 0) is 0 Å². The minimum atomic E-state index is -0.285. The quantitative estimate of drug-likeness (QED) is 0.651. The predicted octanol–water partition coefficient (Wildman–Crippen LogP) is 3.46. The van der Waals surface area contributed by atoms with Crippen LogP contribution in [0.2, 0.25) is 0 Å². The highest BCUT2D eigenvalue weighted by Crippen LogP contribution is 2.21. The van der Waals surface area contributed by atoms with Gasteiger partial charge in [-0.15, -0.1) is 5.10 Å². The van der Waals surface area contributed by atoms with E-state index in [2.05, 4.69) is 22.1 Å². The van der Waals surface area contributed by atoms with Gasteiger partial charge >= 0.3 is 0 Å². The highest BCUT2D eigenvalue weighted by atomic mass is 32.2. The second kappa shape index (κ2) is 6.80. The summed E-state index contributed by atoms with van der Waals surface area (Å²) in [6.07, 6.45) is 0. The maximum atomic E-state index is 13.5. The van der Waals surface area contributed by atoms with Crippen LogP contribution in [-0.4, -0.2) is 32.4 Å². The first kappa shape index (κ1) is 13.4. The minimum absolute atomic E-state index is 0.285. The van der Waals surface area contributed by atoms with E-state index in [-0.39, 0.29) is 5.82 Å². The normalized spacial score (nSPS) is 10.8. The molecule has 18 heavy (non-hydrogen) atoms. The van der Waals surface area contributed by atoms with Crippen LogP contribution in [0, 0.1) is 5.82 Å². The maximum absolute atomic E-state index is 13.5. The van der Waals surface area contributed by atoms with Crippen LogP contribution in [0.15, 0.2) is 29.4 Å². The molecule has 2 rings (SSSR count). The Morgan fingerprint density at radius 1 is 1.28 bits per heavy atom. The van der Waals surface area contributed by atoms with Gasteiger partial charge in [-0.05, 0) is 17.9 Å². The number of H-pyrrole nitrogens is 1. The summed E-state index contributed by atoms with van der Waals surface area (Å²) >= 11 is 3.47. The molecule has 0 aliphatic rings. The van der Waals surface area contributed by atoms with Gasteiger partial charge in [0, 0.05) is 11.5 Å². The summed E-state index contributed by atoms with van der Waals surface area (Å²) in [5, 5.41) is 7.53. The first-order valence-corrected chi connectivity index (χ1v) is 7.83. The number of hydrogen-bond donors (Lipinski definition) is 1. The van der Waals surface area contributed by atoms with Crippen LogP contribution in [0.1, 0.15) is 6.92 Å². The fraction of sp³-hybridized carbons (Fsp3) is 0.333. The third-order valence-corrected chi connectivity index (χ3v) is 4.27. The van der Waals surface area contributed by atoms with Crippen molar-refractivity contribution in [2.75, 3.05) is 17.3 Å². The molecule has 0 saturated carbocycles. The molecule has 0 bridgehead atoms. The summed E-state index contributed by atoms with van der Waals surface area (Å²) < 4.78 is 13.5. The third kappa shape index (κ3) is 3.49. The Morgan fingerprint density at radius 2 is 2.11 bits per heavy atom. The van der Waals surface area contributed by atoms with E-state index in [4.69, 9.17) is 0 Å². The largest absolute Gasteiger partial charge is 0.258 e. The summed E-state index contributed by atoms with van der Waals surface area (Å²) in [5.41, 5.74) is 0.458. The van der Waals surface area contributed by atoms with Crippen molar-refractivity contribution in [3.63, 3.8) is 0 Å². The summed E-state index contributed by atoms with van der Waals surface area (Å²) in [7, 11) is 0. The number of halogens is 1. The summed E-state index contributed by atoms with van der Waals surface area (Å²) in [5.74, 6) is 3.36. The zero-order valence-corrected chi connectivity index (χ0v) is 11.7. The Kier molecular flexibility index (Phi) is 5.07. The van der Waals surface area contributed by atoms with Crippen LogP contribution in [0.3, 0.4) is 0 Å². The standard InChI is InChI=1S/C12H14FN3S2/c1-2-17-7-8-18-12-14-11(15-16-12)9-5-3-4-6-10(9)13/h3-6H,2,7-8H2,1H3,(H,14,15,16). The Balaban J connectivity index is 2.00. The van der Waals surface area contributed by atoms with Crippen molar-refractivity contribution in [1.82, 2.24) is 15.2 Å². The summed E-state index contributed by atoms with van der Waals surface area (Å²) in [6, 6.07) is 6.55. The minimum Gasteiger partial charge on any atom is -0.258 e. The molecule has 0 radical (unpaired) electrons. The van der Waals surface area contributed by atoms with Gasteiger partial charge in [-0.25, -0.2) is 9.37 Å². The van der Waals surface area contributed by atoms with E-state index in [9.17, 15) is 4.39 Å². The lowest BCUT2D eigenvalue weighted by Gasteiger charge is -1.97. The van der Waals surface area contributed by atoms with Crippen LogP contribution >= 0.6 is 23.5 Å². The van der Waals surface area contributed by atoms with Gasteiger partial charge in [0.2, 0.25) is 5.16 Å². The van der Waals surface area contributed by atoms with Crippen molar-refractivity contribution in [3.05, 3.63) is 30.1 Å². The van der Waals surface area contributed by atoms with Crippen molar-refractivity contribution >= 4 is 23.5 Å². The van der Waals surface area contributed by atoms with Gasteiger partial charge in [-0.1, -0.05) is 30.8 Å². The Labute approximate surface area is 114 Å². The third-order valence-electron chi connectivity index (χ3n) is 2.26. The number of nitrogens with zero attached hydrogens (tertiary/aromatic N) is 2. The van der Waals surface area contributed by atoms with Gasteiger partial charge in [-0.3, -0.25) is 5.10 Å². The molecule has 0 aliphatic heterocycles. The first-order valence-electron chi connectivity index (χ1n) is 5.69. The van der Waals surface area contributed by atoms with Gasteiger partial charge in [-0.2, -0.15) is 11.8 Å². The van der Waals surface area contributed by atoms with E-state index in [0.29, 0.717) is 16.5 Å². The smallest absolute Gasteiger partial charge is 0.208 e. The van der Waals surface area contributed by atoms with Crippen molar-refractivity contribution in [1.29, 1.82) is 0 Å². The van der Waals surface area contributed by atoms with E-state index >= 15 is 0 Å². The lowest BCUT2D eigenvalue weighted by atomic mass is 10.2. The van der Waals surface area contributed by atoms with E-state index in [0.717, 1.165) is 17.3 Å². The molecule has 3 nitrogen and oxygen atoms in total. The fourth-order valence-corrected chi connectivity index (χ4v) is 2.96. The van der Waals surface area contributed by atoms with Crippen molar-refractivity contribution in [2.24, 2.45) is 0 Å². The highest BCUT2D eigenvalue weighted by Gasteiger charge is 2.09. The molecular formula is C12H14FN3S2. The van der Waals surface area contributed by atoms with Gasteiger partial charge in [0.1, 0.15) is 5.82 Å². The van der Waals surface area contributed by atoms with Gasteiger partial charge < -0.3 is 0 Å². The van der Waals surface area contributed by atoms with Crippen LogP contribution in [0.4, 0.5) is 4.39 Å². The lowest BCUT2D eigenvalue weighted by Crippen LogP contribution is -1.86. The zero-order valence-electron chi connectivity index (χ0n) is 10.0. The zero-order chi connectivity index (χ0) is 12.8. The molecule has 0 fully saturated rings. The molecule has 0 saturated heterocycles. The molecule has 0 amide bonds. The second-order valence-electron chi connectivity index (χ2n) is 3.49. The molecule has 0 atom stereocenters. The molecule has 0 unspecified atom stereocenters. The van der Waals surface area contributed by atoms with Crippen LogP contribution in [0.5, 0.6) is 0 Å². The molecule has 6 heteroatoms. The van der Waals surface area contributed by atoms with Gasteiger partial charge in [0.25, 0.3) is 0 Å². The van der Waals surface area contributed by atoms with Crippen molar-refractivity contribution in [2.45, 2.75) is 12.1 Å². The molecule has 1 N–H and O–H groups in total. The Morgan fingerprint density at radius 3 is 2.89 bits per heavy atom. The van der Waals surface area contributed by atoms with E-state index in [1.165, 1.54) is 6.07 Å². The maximum Gasteiger partial charge on any atom is 0.208 e. The fourth-order valence-electron chi connectivity index (χ4n) is 1.42. The average molecular weight is 283 g/mol. The monoisotopic (exact) mass is 283 g/mol. The molecule has 1 aromatic heterocycles. The molecular weight excluding hydrogens is 269 g/mol. The van der Waals surface area contributed by atoms with Crippen molar-refractivity contribution < 1.29 is 4.39 Å². The SMILES string of the molecule is CCSCCSc1n[nH]c(-c2ccccc2F)n1. The average Bonchev–Trinajstić information content (AvgIpc) is 2.84. The number of rotatable bonds is 6. The number of aromatic amines is 1. The number of hydrogen-bond acceptors (Lipinski definition) is 4. The summed E-state index contributed by atoms with van der Waals surface area (Å²) in [6.45, 7) is 2.14. The van der Waals surface area contributed by atoms with E-state index in [1.54, 1.807) is 30.0 Å². The Hall–Kier alpha value is -1.01. The number of aromatic nitrogens is 3. The van der Waals surface area contributed by atoms with Crippen LogP contribution < -0.4 is 0 Å². The van der Waals surface area contributed by atoms with Gasteiger partial charge in [0.15, 0.2) is 5.82 Å².